The topological polar surface area (TPSA) is 86.8 Å². The minimum Gasteiger partial charge on any atom is -0.352 e. The maximum absolute atomic E-state index is 14.0. The number of amides is 2. The lowest BCUT2D eigenvalue weighted by atomic mass is 10.0. The fraction of sp³-hybridized carbons (Fsp3) is 0.375. The van der Waals surface area contributed by atoms with Crippen molar-refractivity contribution < 1.29 is 18.0 Å². The van der Waals surface area contributed by atoms with Crippen LogP contribution in [-0.2, 0) is 32.6 Å². The molecule has 1 atom stereocenters. The molecule has 1 unspecified atom stereocenters. The molecule has 0 aliphatic heterocycles. The average molecular weight is 665 g/mol. The van der Waals surface area contributed by atoms with E-state index in [4.69, 9.17) is 34.8 Å². The van der Waals surface area contributed by atoms with Crippen LogP contribution in [0.2, 0.25) is 15.1 Å². The molecule has 3 aromatic carbocycles. The first kappa shape index (κ1) is 33.1. The van der Waals surface area contributed by atoms with Crippen LogP contribution in [0.15, 0.2) is 72.8 Å². The van der Waals surface area contributed by atoms with Crippen molar-refractivity contribution in [1.82, 2.24) is 10.2 Å². The highest BCUT2D eigenvalue weighted by molar-refractivity contribution is 7.92. The number of carbonyl (C=O) groups is 2. The Hall–Kier alpha value is -2.78. The largest absolute Gasteiger partial charge is 0.352 e. The number of nitrogens with zero attached hydrogens (tertiary/aromatic N) is 2. The molecule has 0 heterocycles. The van der Waals surface area contributed by atoms with E-state index in [2.05, 4.69) is 5.32 Å². The summed E-state index contributed by atoms with van der Waals surface area (Å²) >= 11 is 19.2. The Labute approximate surface area is 269 Å². The zero-order valence-electron chi connectivity index (χ0n) is 24.0. The van der Waals surface area contributed by atoms with E-state index in [1.165, 1.54) is 9.21 Å². The van der Waals surface area contributed by atoms with Gasteiger partial charge >= 0.3 is 0 Å². The summed E-state index contributed by atoms with van der Waals surface area (Å²) < 4.78 is 26.5. The van der Waals surface area contributed by atoms with Crippen molar-refractivity contribution in [3.05, 3.63) is 99.0 Å². The van der Waals surface area contributed by atoms with Gasteiger partial charge in [0.15, 0.2) is 0 Å². The molecular formula is C32H36Cl3N3O4S. The molecule has 0 saturated heterocycles. The smallest absolute Gasteiger partial charge is 0.243 e. The highest BCUT2D eigenvalue weighted by atomic mass is 35.5. The molecule has 11 heteroatoms. The molecule has 4 rings (SSSR count). The molecule has 0 bridgehead atoms. The Morgan fingerprint density at radius 1 is 0.930 bits per heavy atom. The molecule has 3 aromatic rings. The third kappa shape index (κ3) is 9.35. The zero-order chi connectivity index (χ0) is 31.0. The van der Waals surface area contributed by atoms with E-state index in [0.29, 0.717) is 32.7 Å². The van der Waals surface area contributed by atoms with Gasteiger partial charge in [-0.1, -0.05) is 90.1 Å². The van der Waals surface area contributed by atoms with Crippen molar-refractivity contribution in [3.63, 3.8) is 0 Å². The van der Waals surface area contributed by atoms with E-state index in [-0.39, 0.29) is 43.8 Å². The lowest BCUT2D eigenvalue weighted by Crippen LogP contribution is -2.52. The van der Waals surface area contributed by atoms with Gasteiger partial charge in [-0.2, -0.15) is 0 Å². The Morgan fingerprint density at radius 2 is 1.58 bits per heavy atom. The highest BCUT2D eigenvalue weighted by Crippen LogP contribution is 2.28. The van der Waals surface area contributed by atoms with Crippen molar-refractivity contribution in [2.75, 3.05) is 17.1 Å². The Kier molecular flexibility index (Phi) is 11.8. The first-order valence-corrected chi connectivity index (χ1v) is 17.3. The van der Waals surface area contributed by atoms with Gasteiger partial charge in [-0.25, -0.2) is 8.42 Å². The molecule has 1 aliphatic carbocycles. The number of hydrogen-bond donors (Lipinski definition) is 1. The Bertz CT molecular complexity index is 1490. The molecule has 230 valence electrons. The second kappa shape index (κ2) is 15.3. The summed E-state index contributed by atoms with van der Waals surface area (Å²) in [6.45, 7) is 0.0836. The summed E-state index contributed by atoms with van der Waals surface area (Å²) in [5.41, 5.74) is 1.86. The highest BCUT2D eigenvalue weighted by Gasteiger charge is 2.33. The summed E-state index contributed by atoms with van der Waals surface area (Å²) in [5, 5.41) is 4.36. The summed E-state index contributed by atoms with van der Waals surface area (Å²) in [6, 6.07) is 20.5. The van der Waals surface area contributed by atoms with Crippen molar-refractivity contribution >= 4 is 62.3 Å². The summed E-state index contributed by atoms with van der Waals surface area (Å²) in [7, 11) is -3.65. The number of hydrogen-bond acceptors (Lipinski definition) is 4. The van der Waals surface area contributed by atoms with Gasteiger partial charge in [0.2, 0.25) is 21.8 Å². The first-order chi connectivity index (χ1) is 20.5. The van der Waals surface area contributed by atoms with Gasteiger partial charge in [0.1, 0.15) is 6.04 Å². The quantitative estimate of drug-likeness (QED) is 0.216. The van der Waals surface area contributed by atoms with Crippen LogP contribution in [0.25, 0.3) is 0 Å². The fourth-order valence-corrected chi connectivity index (χ4v) is 7.07. The van der Waals surface area contributed by atoms with E-state index in [1.54, 1.807) is 42.5 Å². The minimum absolute atomic E-state index is 0.00332. The van der Waals surface area contributed by atoms with E-state index < -0.39 is 16.1 Å². The minimum atomic E-state index is -3.65. The Balaban J connectivity index is 1.62. The number of halogens is 3. The summed E-state index contributed by atoms with van der Waals surface area (Å²) in [6.07, 6.45) is 5.53. The van der Waals surface area contributed by atoms with E-state index in [9.17, 15) is 18.0 Å². The van der Waals surface area contributed by atoms with Crippen LogP contribution in [-0.4, -0.2) is 50.0 Å². The monoisotopic (exact) mass is 663 g/mol. The molecule has 1 saturated carbocycles. The second-order valence-corrected chi connectivity index (χ2v) is 14.0. The van der Waals surface area contributed by atoms with Gasteiger partial charge in [-0.15, -0.1) is 0 Å². The molecule has 1 aliphatic rings. The van der Waals surface area contributed by atoms with E-state index >= 15 is 0 Å². The number of nitrogens with one attached hydrogen (secondary N) is 1. The molecule has 1 N–H and O–H groups in total. The van der Waals surface area contributed by atoms with Crippen LogP contribution in [0.3, 0.4) is 0 Å². The van der Waals surface area contributed by atoms with Crippen LogP contribution in [0.5, 0.6) is 0 Å². The second-order valence-electron chi connectivity index (χ2n) is 10.8. The lowest BCUT2D eigenvalue weighted by molar-refractivity contribution is -0.141. The normalized spacial score (nSPS) is 14.3. The molecule has 2 amide bonds. The predicted molar refractivity (Wildman–Crippen MR) is 174 cm³/mol. The van der Waals surface area contributed by atoms with Gasteiger partial charge in [0.05, 0.1) is 11.9 Å². The Morgan fingerprint density at radius 3 is 2.21 bits per heavy atom. The van der Waals surface area contributed by atoms with E-state index in [0.717, 1.165) is 37.5 Å². The third-order valence-electron chi connectivity index (χ3n) is 7.61. The summed E-state index contributed by atoms with van der Waals surface area (Å²) in [4.78, 5) is 29.4. The van der Waals surface area contributed by atoms with Crippen LogP contribution in [0.4, 0.5) is 5.69 Å². The van der Waals surface area contributed by atoms with Crippen molar-refractivity contribution in [1.29, 1.82) is 0 Å². The van der Waals surface area contributed by atoms with Crippen molar-refractivity contribution in [2.45, 2.75) is 63.6 Å². The van der Waals surface area contributed by atoms with Crippen LogP contribution in [0.1, 0.15) is 49.7 Å². The van der Waals surface area contributed by atoms with Gasteiger partial charge in [-0.3, -0.25) is 13.9 Å². The standard InChI is InChI=1S/C32H36Cl3N3O4S/c1-43(41,42)38(26-15-7-12-24(33)21-26)19-9-18-31(39)37(22-27-28(34)16-8-17-29(27)35)30(20-23-10-3-2-4-11-23)32(40)36-25-13-5-6-14-25/h2-4,7-8,10-12,15-17,21,25,30H,5-6,9,13-14,18-20,22H2,1H3,(H,36,40). The zero-order valence-corrected chi connectivity index (χ0v) is 27.1. The van der Waals surface area contributed by atoms with Crippen LogP contribution >= 0.6 is 34.8 Å². The third-order valence-corrected chi connectivity index (χ3v) is 9.75. The van der Waals surface area contributed by atoms with Crippen LogP contribution < -0.4 is 9.62 Å². The first-order valence-electron chi connectivity index (χ1n) is 14.3. The van der Waals surface area contributed by atoms with Gasteiger partial charge in [0, 0.05) is 52.6 Å². The fourth-order valence-electron chi connectivity index (χ4n) is 5.41. The number of rotatable bonds is 13. The molecule has 0 spiro atoms. The SMILES string of the molecule is CS(=O)(=O)N(CCCC(=O)N(Cc1c(Cl)cccc1Cl)C(Cc1ccccc1)C(=O)NC1CCCC1)c1cccc(Cl)c1. The van der Waals surface area contributed by atoms with Gasteiger partial charge < -0.3 is 10.2 Å². The predicted octanol–water partition coefficient (Wildman–Crippen LogP) is 6.89. The summed E-state index contributed by atoms with van der Waals surface area (Å²) in [5.74, 6) is -0.540. The van der Waals surface area contributed by atoms with Gasteiger partial charge in [-0.05, 0) is 55.2 Å². The average Bonchev–Trinajstić information content (AvgIpc) is 3.47. The molecule has 0 radical (unpaired) electrons. The number of sulfonamides is 1. The lowest BCUT2D eigenvalue weighted by Gasteiger charge is -2.33. The van der Waals surface area contributed by atoms with Crippen molar-refractivity contribution in [2.24, 2.45) is 0 Å². The number of anilines is 1. The van der Waals surface area contributed by atoms with Gasteiger partial charge in [0.25, 0.3) is 0 Å². The molecule has 43 heavy (non-hydrogen) atoms. The molecular weight excluding hydrogens is 629 g/mol. The molecule has 7 nitrogen and oxygen atoms in total. The van der Waals surface area contributed by atoms with Crippen LogP contribution in [0, 0.1) is 0 Å². The maximum atomic E-state index is 14.0. The van der Waals surface area contributed by atoms with Crippen molar-refractivity contribution in [3.8, 4) is 0 Å². The molecule has 0 aromatic heterocycles. The number of carbonyl (C=O) groups excluding carboxylic acids is 2. The number of benzene rings is 3. The molecule has 1 fully saturated rings. The van der Waals surface area contributed by atoms with E-state index in [1.807, 2.05) is 30.3 Å². The maximum Gasteiger partial charge on any atom is 0.243 e.